The van der Waals surface area contributed by atoms with Crippen LogP contribution in [0.25, 0.3) is 0 Å². The summed E-state index contributed by atoms with van der Waals surface area (Å²) in [6.07, 6.45) is 0.669. The first kappa shape index (κ1) is 9.44. The summed E-state index contributed by atoms with van der Waals surface area (Å²) in [6, 6.07) is 0. The van der Waals surface area contributed by atoms with Gasteiger partial charge in [-0.1, -0.05) is 0 Å². The highest BCUT2D eigenvalue weighted by Crippen LogP contribution is 2.30. The average molecular weight is 175 g/mol. The molecule has 0 aromatic heterocycles. The molecule has 2 atom stereocenters. The summed E-state index contributed by atoms with van der Waals surface area (Å²) in [5.41, 5.74) is 5.12. The first-order valence-corrected chi connectivity index (χ1v) is 3.70. The Kier molecular flexibility index (Phi) is 2.66. The van der Waals surface area contributed by atoms with Gasteiger partial charge in [-0.25, -0.2) is 0 Å². The molecule has 1 amide bonds. The van der Waals surface area contributed by atoms with Crippen LogP contribution in [-0.4, -0.2) is 32.2 Å². The molecule has 1 aliphatic rings. The standard InChI is InChI=1S/C7H13NO4/c1-10-5-3-4-7(11-2,12-5)6(8)9/h5H,3-4H2,1-2H3,(H2,8,9)/t5-,7+/m1/s1. The number of ether oxygens (including phenoxy) is 3. The zero-order chi connectivity index (χ0) is 9.19. The lowest BCUT2D eigenvalue weighted by atomic mass is 10.2. The molecule has 5 heteroatoms. The second-order valence-corrected chi connectivity index (χ2v) is 2.64. The molecule has 1 aliphatic heterocycles. The van der Waals surface area contributed by atoms with Gasteiger partial charge in [0.2, 0.25) is 0 Å². The predicted octanol–water partition coefficient (Wildman–Crippen LogP) is -0.403. The molecule has 0 bridgehead atoms. The van der Waals surface area contributed by atoms with Crippen molar-refractivity contribution in [2.24, 2.45) is 5.73 Å². The van der Waals surface area contributed by atoms with Gasteiger partial charge in [-0.15, -0.1) is 0 Å². The Balaban J connectivity index is 2.66. The van der Waals surface area contributed by atoms with Crippen LogP contribution in [-0.2, 0) is 19.0 Å². The number of carbonyl (C=O) groups is 1. The van der Waals surface area contributed by atoms with Crippen LogP contribution < -0.4 is 5.73 Å². The lowest BCUT2D eigenvalue weighted by Gasteiger charge is -2.23. The molecular weight excluding hydrogens is 162 g/mol. The average Bonchev–Trinajstić information content (AvgIpc) is 2.48. The smallest absolute Gasteiger partial charge is 0.277 e. The number of nitrogens with two attached hydrogens (primary N) is 1. The summed E-state index contributed by atoms with van der Waals surface area (Å²) in [5.74, 6) is -1.88. The summed E-state index contributed by atoms with van der Waals surface area (Å²) >= 11 is 0. The van der Waals surface area contributed by atoms with E-state index >= 15 is 0 Å². The molecule has 0 saturated carbocycles. The van der Waals surface area contributed by atoms with Gasteiger partial charge in [0.15, 0.2) is 6.29 Å². The van der Waals surface area contributed by atoms with Crippen molar-refractivity contribution in [3.8, 4) is 0 Å². The minimum Gasteiger partial charge on any atom is -0.365 e. The number of primary amides is 1. The molecule has 5 nitrogen and oxygen atoms in total. The maximum Gasteiger partial charge on any atom is 0.277 e. The summed E-state index contributed by atoms with van der Waals surface area (Å²) in [5, 5.41) is 0. The topological polar surface area (TPSA) is 70.8 Å². The molecule has 1 saturated heterocycles. The van der Waals surface area contributed by atoms with Gasteiger partial charge in [-0.3, -0.25) is 4.79 Å². The third kappa shape index (κ3) is 1.43. The van der Waals surface area contributed by atoms with Gasteiger partial charge in [0, 0.05) is 27.1 Å². The van der Waals surface area contributed by atoms with Crippen LogP contribution >= 0.6 is 0 Å². The first-order chi connectivity index (χ1) is 5.64. The largest absolute Gasteiger partial charge is 0.365 e. The Morgan fingerprint density at radius 2 is 2.33 bits per heavy atom. The Labute approximate surface area is 70.8 Å². The molecule has 12 heavy (non-hydrogen) atoms. The van der Waals surface area contributed by atoms with Crippen LogP contribution in [0.3, 0.4) is 0 Å². The normalized spacial score (nSPS) is 35.3. The van der Waals surface area contributed by atoms with Crippen molar-refractivity contribution in [2.75, 3.05) is 14.2 Å². The number of amides is 1. The highest BCUT2D eigenvalue weighted by Gasteiger charge is 2.46. The number of methoxy groups -OCH3 is 2. The van der Waals surface area contributed by atoms with Crippen molar-refractivity contribution in [2.45, 2.75) is 24.9 Å². The van der Waals surface area contributed by atoms with E-state index in [9.17, 15) is 4.79 Å². The van der Waals surface area contributed by atoms with Crippen LogP contribution in [0.1, 0.15) is 12.8 Å². The van der Waals surface area contributed by atoms with Gasteiger partial charge in [-0.2, -0.15) is 0 Å². The third-order valence-electron chi connectivity index (χ3n) is 2.00. The second-order valence-electron chi connectivity index (χ2n) is 2.64. The summed E-state index contributed by atoms with van der Waals surface area (Å²) in [7, 11) is 2.90. The Morgan fingerprint density at radius 1 is 1.67 bits per heavy atom. The summed E-state index contributed by atoms with van der Waals surface area (Å²) in [6.45, 7) is 0. The highest BCUT2D eigenvalue weighted by molar-refractivity contribution is 5.82. The van der Waals surface area contributed by atoms with E-state index in [2.05, 4.69) is 0 Å². The predicted molar refractivity (Wildman–Crippen MR) is 40.1 cm³/mol. The van der Waals surface area contributed by atoms with E-state index in [1.807, 2.05) is 0 Å². The summed E-state index contributed by atoms with van der Waals surface area (Å²) < 4.78 is 15.0. The van der Waals surface area contributed by atoms with Gasteiger partial charge in [0.1, 0.15) is 0 Å². The van der Waals surface area contributed by atoms with Crippen molar-refractivity contribution in [3.63, 3.8) is 0 Å². The Hall–Kier alpha value is -0.650. The maximum atomic E-state index is 10.9. The third-order valence-corrected chi connectivity index (χ3v) is 2.00. The van der Waals surface area contributed by atoms with Crippen LogP contribution in [0.5, 0.6) is 0 Å². The van der Waals surface area contributed by atoms with Crippen molar-refractivity contribution >= 4 is 5.91 Å². The zero-order valence-corrected chi connectivity index (χ0v) is 7.20. The van der Waals surface area contributed by atoms with E-state index in [1.165, 1.54) is 14.2 Å². The number of carbonyl (C=O) groups excluding carboxylic acids is 1. The van der Waals surface area contributed by atoms with E-state index in [0.717, 1.165) is 0 Å². The van der Waals surface area contributed by atoms with Crippen molar-refractivity contribution < 1.29 is 19.0 Å². The van der Waals surface area contributed by atoms with E-state index in [-0.39, 0.29) is 0 Å². The molecule has 1 heterocycles. The quantitative estimate of drug-likeness (QED) is 0.633. The van der Waals surface area contributed by atoms with Crippen LogP contribution in [0.2, 0.25) is 0 Å². The van der Waals surface area contributed by atoms with Crippen molar-refractivity contribution in [3.05, 3.63) is 0 Å². The first-order valence-electron chi connectivity index (χ1n) is 3.70. The maximum absolute atomic E-state index is 10.9. The number of hydrogen-bond donors (Lipinski definition) is 1. The number of hydrogen-bond acceptors (Lipinski definition) is 4. The lowest BCUT2D eigenvalue weighted by molar-refractivity contribution is -0.245. The molecule has 0 unspecified atom stereocenters. The molecule has 1 fully saturated rings. The molecule has 1 rings (SSSR count). The molecule has 0 aliphatic carbocycles. The van der Waals surface area contributed by atoms with E-state index in [1.54, 1.807) is 0 Å². The van der Waals surface area contributed by atoms with E-state index in [0.29, 0.717) is 12.8 Å². The fraction of sp³-hybridized carbons (Fsp3) is 0.857. The van der Waals surface area contributed by atoms with Gasteiger partial charge in [0.05, 0.1) is 0 Å². The minimum atomic E-state index is -1.28. The van der Waals surface area contributed by atoms with Crippen LogP contribution in [0, 0.1) is 0 Å². The Morgan fingerprint density at radius 3 is 2.58 bits per heavy atom. The van der Waals surface area contributed by atoms with Crippen LogP contribution in [0.4, 0.5) is 0 Å². The van der Waals surface area contributed by atoms with E-state index in [4.69, 9.17) is 19.9 Å². The summed E-state index contributed by atoms with van der Waals surface area (Å²) in [4.78, 5) is 10.9. The SMILES string of the molecule is CO[C@H]1CC[C@@](OC)(C(N)=O)O1. The fourth-order valence-electron chi connectivity index (χ4n) is 1.24. The molecule has 0 aromatic rings. The van der Waals surface area contributed by atoms with Gasteiger partial charge < -0.3 is 19.9 Å². The molecular formula is C7H13NO4. The fourth-order valence-corrected chi connectivity index (χ4v) is 1.24. The Bertz CT molecular complexity index is 184. The van der Waals surface area contributed by atoms with Gasteiger partial charge in [0.25, 0.3) is 11.7 Å². The van der Waals surface area contributed by atoms with Crippen molar-refractivity contribution in [1.29, 1.82) is 0 Å². The molecule has 0 radical (unpaired) electrons. The monoisotopic (exact) mass is 175 g/mol. The zero-order valence-electron chi connectivity index (χ0n) is 7.20. The van der Waals surface area contributed by atoms with Crippen LogP contribution in [0.15, 0.2) is 0 Å². The molecule has 2 N–H and O–H groups in total. The second kappa shape index (κ2) is 3.38. The molecule has 0 aromatic carbocycles. The van der Waals surface area contributed by atoms with E-state index < -0.39 is 18.0 Å². The minimum absolute atomic E-state index is 0.391. The van der Waals surface area contributed by atoms with Gasteiger partial charge in [-0.05, 0) is 0 Å². The van der Waals surface area contributed by atoms with Gasteiger partial charge >= 0.3 is 0 Å². The molecule has 0 spiro atoms. The number of rotatable bonds is 3. The molecule has 70 valence electrons. The van der Waals surface area contributed by atoms with Crippen molar-refractivity contribution in [1.82, 2.24) is 0 Å². The highest BCUT2D eigenvalue weighted by atomic mass is 16.8. The lowest BCUT2D eigenvalue weighted by Crippen LogP contribution is -2.45.